The van der Waals surface area contributed by atoms with Crippen LogP contribution < -0.4 is 0 Å². The average molecular weight is 178 g/mol. The molecule has 13 heavy (non-hydrogen) atoms. The second kappa shape index (κ2) is 3.85. The Bertz CT molecular complexity index is 267. The van der Waals surface area contributed by atoms with Gasteiger partial charge in [-0.25, -0.2) is 0 Å². The average Bonchev–Trinajstić information content (AvgIpc) is 2.21. The lowest BCUT2D eigenvalue weighted by Gasteiger charge is -2.12. The van der Waals surface area contributed by atoms with Crippen LogP contribution in [-0.2, 0) is 14.2 Å². The molecule has 0 aromatic heterocycles. The van der Waals surface area contributed by atoms with Crippen LogP contribution in [0.4, 0.5) is 0 Å². The van der Waals surface area contributed by atoms with Gasteiger partial charge in [0.05, 0.1) is 12.5 Å². The Balaban J connectivity index is 1.97. The summed E-state index contributed by atoms with van der Waals surface area (Å²) in [5.41, 5.74) is 0. The van der Waals surface area contributed by atoms with E-state index in [1.54, 1.807) is 24.7 Å². The van der Waals surface area contributed by atoms with Crippen molar-refractivity contribution >= 4 is 0 Å². The number of rotatable bonds is 2. The van der Waals surface area contributed by atoms with Crippen molar-refractivity contribution in [1.29, 1.82) is 0 Å². The molecule has 0 saturated heterocycles. The Morgan fingerprint density at radius 3 is 1.85 bits per heavy atom. The van der Waals surface area contributed by atoms with Gasteiger partial charge in [0, 0.05) is 12.2 Å². The summed E-state index contributed by atoms with van der Waals surface area (Å²) in [5, 5.41) is 0. The Kier molecular flexibility index (Phi) is 2.36. The number of ether oxygens (including phenoxy) is 3. The molecule has 0 bridgehead atoms. The predicted molar refractivity (Wildman–Crippen MR) is 47.4 cm³/mol. The second-order valence-corrected chi connectivity index (χ2v) is 2.59. The number of hydrogen-bond donors (Lipinski definition) is 0. The Morgan fingerprint density at radius 2 is 1.46 bits per heavy atom. The molecule has 0 radical (unpaired) electrons. The highest BCUT2D eigenvalue weighted by Crippen LogP contribution is 2.13. The van der Waals surface area contributed by atoms with Gasteiger partial charge in [-0.1, -0.05) is 0 Å². The van der Waals surface area contributed by atoms with Crippen molar-refractivity contribution in [1.82, 2.24) is 0 Å². The first-order valence-electron chi connectivity index (χ1n) is 4.09. The Hall–Kier alpha value is -1.64. The molecule has 0 spiro atoms. The maximum atomic E-state index is 5.52. The van der Waals surface area contributed by atoms with Crippen LogP contribution in [-0.4, -0.2) is 13.2 Å². The van der Waals surface area contributed by atoms with Crippen LogP contribution in [0.15, 0.2) is 48.3 Å². The minimum absolute atomic E-state index is 0.569. The Morgan fingerprint density at radius 1 is 0.923 bits per heavy atom. The molecule has 2 heterocycles. The molecule has 0 saturated carbocycles. The topological polar surface area (TPSA) is 27.7 Å². The maximum Gasteiger partial charge on any atom is 0.129 e. The van der Waals surface area contributed by atoms with E-state index in [0.717, 1.165) is 11.5 Å². The highest BCUT2D eigenvalue weighted by atomic mass is 16.5. The minimum Gasteiger partial charge on any atom is -0.497 e. The van der Waals surface area contributed by atoms with Crippen molar-refractivity contribution in [3.8, 4) is 0 Å². The fourth-order valence-corrected chi connectivity index (χ4v) is 1.03. The number of allylic oxidation sites excluding steroid dienone is 2. The summed E-state index contributed by atoms with van der Waals surface area (Å²) < 4.78 is 15.5. The predicted octanol–water partition coefficient (Wildman–Crippen LogP) is 1.86. The molecule has 0 N–H and O–H groups in total. The molecule has 2 rings (SSSR count). The molecule has 2 aliphatic heterocycles. The lowest BCUT2D eigenvalue weighted by molar-refractivity contribution is 0.243. The van der Waals surface area contributed by atoms with E-state index in [-0.39, 0.29) is 0 Å². The molecular formula is C10H10O3. The summed E-state index contributed by atoms with van der Waals surface area (Å²) in [7, 11) is 0. The highest BCUT2D eigenvalue weighted by molar-refractivity contribution is 5.21. The van der Waals surface area contributed by atoms with Crippen LogP contribution in [0.1, 0.15) is 0 Å². The van der Waals surface area contributed by atoms with E-state index >= 15 is 0 Å². The van der Waals surface area contributed by atoms with Crippen LogP contribution in [0.25, 0.3) is 0 Å². The molecule has 2 aliphatic rings. The van der Waals surface area contributed by atoms with Gasteiger partial charge in [0.25, 0.3) is 0 Å². The SMILES string of the molecule is C1=CC(OC2=CCOC=C2)=CCO1. The van der Waals surface area contributed by atoms with Crippen LogP contribution in [0, 0.1) is 0 Å². The summed E-state index contributed by atoms with van der Waals surface area (Å²) in [6, 6.07) is 0. The highest BCUT2D eigenvalue weighted by Gasteiger charge is 2.03. The van der Waals surface area contributed by atoms with Crippen molar-refractivity contribution in [2.24, 2.45) is 0 Å². The van der Waals surface area contributed by atoms with Crippen molar-refractivity contribution in [3.05, 3.63) is 48.3 Å². The Labute approximate surface area is 76.6 Å². The van der Waals surface area contributed by atoms with Gasteiger partial charge in [0.15, 0.2) is 0 Å². The van der Waals surface area contributed by atoms with E-state index < -0.39 is 0 Å². The van der Waals surface area contributed by atoms with Crippen molar-refractivity contribution in [2.45, 2.75) is 0 Å². The van der Waals surface area contributed by atoms with Crippen molar-refractivity contribution < 1.29 is 14.2 Å². The summed E-state index contributed by atoms with van der Waals surface area (Å²) in [6.07, 6.45) is 10.6. The lowest BCUT2D eigenvalue weighted by atomic mass is 10.3. The van der Waals surface area contributed by atoms with Gasteiger partial charge in [-0.3, -0.25) is 0 Å². The molecule has 0 fully saturated rings. The van der Waals surface area contributed by atoms with Gasteiger partial charge in [0.2, 0.25) is 0 Å². The fourth-order valence-electron chi connectivity index (χ4n) is 1.03. The third-order valence-electron chi connectivity index (χ3n) is 1.65. The van der Waals surface area contributed by atoms with Crippen LogP contribution in [0.3, 0.4) is 0 Å². The van der Waals surface area contributed by atoms with E-state index in [1.165, 1.54) is 0 Å². The summed E-state index contributed by atoms with van der Waals surface area (Å²) in [6.45, 7) is 1.14. The van der Waals surface area contributed by atoms with Crippen molar-refractivity contribution in [3.63, 3.8) is 0 Å². The minimum atomic E-state index is 0.569. The molecular weight excluding hydrogens is 168 g/mol. The van der Waals surface area contributed by atoms with Crippen LogP contribution in [0.2, 0.25) is 0 Å². The quantitative estimate of drug-likeness (QED) is 0.646. The third kappa shape index (κ3) is 2.15. The summed E-state index contributed by atoms with van der Waals surface area (Å²) in [5.74, 6) is 1.62. The molecule has 0 amide bonds. The van der Waals surface area contributed by atoms with E-state index in [2.05, 4.69) is 0 Å². The standard InChI is InChI=1S/C10H10O3/c1-5-11-6-2-9(1)13-10-3-7-12-8-4-10/h1-5,7H,6,8H2. The monoisotopic (exact) mass is 178 g/mol. The molecule has 0 aromatic carbocycles. The normalized spacial score (nSPS) is 19.7. The van der Waals surface area contributed by atoms with E-state index in [0.29, 0.717) is 13.2 Å². The lowest BCUT2D eigenvalue weighted by Crippen LogP contribution is -1.99. The van der Waals surface area contributed by atoms with Gasteiger partial charge in [-0.2, -0.15) is 0 Å². The molecule has 0 aromatic rings. The zero-order chi connectivity index (χ0) is 8.93. The largest absolute Gasteiger partial charge is 0.497 e. The molecule has 0 aliphatic carbocycles. The van der Waals surface area contributed by atoms with Crippen molar-refractivity contribution in [2.75, 3.05) is 13.2 Å². The molecule has 3 heteroatoms. The first kappa shape index (κ1) is 7.98. The van der Waals surface area contributed by atoms with E-state index in [1.807, 2.05) is 12.2 Å². The first-order chi connectivity index (χ1) is 6.45. The van der Waals surface area contributed by atoms with E-state index in [9.17, 15) is 0 Å². The van der Waals surface area contributed by atoms with Gasteiger partial charge in [0.1, 0.15) is 24.7 Å². The zero-order valence-electron chi connectivity index (χ0n) is 7.10. The van der Waals surface area contributed by atoms with Gasteiger partial charge < -0.3 is 14.2 Å². The second-order valence-electron chi connectivity index (χ2n) is 2.59. The van der Waals surface area contributed by atoms with Gasteiger partial charge >= 0.3 is 0 Å². The van der Waals surface area contributed by atoms with E-state index in [4.69, 9.17) is 14.2 Å². The molecule has 68 valence electrons. The molecule has 0 atom stereocenters. The van der Waals surface area contributed by atoms with Gasteiger partial charge in [-0.05, 0) is 12.2 Å². The maximum absolute atomic E-state index is 5.52. The van der Waals surface area contributed by atoms with Crippen LogP contribution in [0.5, 0.6) is 0 Å². The summed E-state index contributed by atoms with van der Waals surface area (Å²) >= 11 is 0. The summed E-state index contributed by atoms with van der Waals surface area (Å²) in [4.78, 5) is 0. The smallest absolute Gasteiger partial charge is 0.129 e. The molecule has 0 unspecified atom stereocenters. The first-order valence-corrected chi connectivity index (χ1v) is 4.09. The van der Waals surface area contributed by atoms with Crippen LogP contribution >= 0.6 is 0 Å². The third-order valence-corrected chi connectivity index (χ3v) is 1.65. The van der Waals surface area contributed by atoms with Gasteiger partial charge in [-0.15, -0.1) is 0 Å². The number of hydrogen-bond acceptors (Lipinski definition) is 3. The molecule has 3 nitrogen and oxygen atoms in total. The zero-order valence-corrected chi connectivity index (χ0v) is 7.10. The fraction of sp³-hybridized carbons (Fsp3) is 0.200.